The second kappa shape index (κ2) is 2.13. The molecule has 0 aromatic rings. The fourth-order valence-corrected chi connectivity index (χ4v) is 0.590. The van der Waals surface area contributed by atoms with Crippen LogP contribution in [-0.4, -0.2) is 18.1 Å². The third kappa shape index (κ3) is 1.25. The van der Waals surface area contributed by atoms with Crippen molar-refractivity contribution in [3.63, 3.8) is 0 Å². The molecule has 1 saturated heterocycles. The van der Waals surface area contributed by atoms with Crippen molar-refractivity contribution >= 4 is 11.9 Å². The van der Waals surface area contributed by atoms with Crippen LogP contribution in [0.25, 0.3) is 0 Å². The van der Waals surface area contributed by atoms with Gasteiger partial charge in [-0.3, -0.25) is 4.79 Å². The van der Waals surface area contributed by atoms with Crippen LogP contribution < -0.4 is 0 Å². The van der Waals surface area contributed by atoms with E-state index in [-0.39, 0.29) is 12.8 Å². The summed E-state index contributed by atoms with van der Waals surface area (Å²) in [5, 5.41) is 0. The normalized spacial score (nSPS) is 27.9. The fourth-order valence-electron chi connectivity index (χ4n) is 0.590. The number of hydrogen-bond donors (Lipinski definition) is 0. The molecule has 0 amide bonds. The van der Waals surface area contributed by atoms with Gasteiger partial charge in [0.1, 0.15) is 0 Å². The van der Waals surface area contributed by atoms with Crippen molar-refractivity contribution in [2.45, 2.75) is 19.0 Å². The summed E-state index contributed by atoms with van der Waals surface area (Å²) in [5.74, 6) is -1.68. The van der Waals surface area contributed by atoms with Crippen LogP contribution in [-0.2, 0) is 14.3 Å². The molecular weight excluding hydrogens is 127 g/mol. The highest BCUT2D eigenvalue weighted by atomic mass is 19.1. The third-order valence-corrected chi connectivity index (χ3v) is 1.07. The molecule has 0 bridgehead atoms. The molecule has 0 spiro atoms. The van der Waals surface area contributed by atoms with Crippen molar-refractivity contribution in [3.05, 3.63) is 0 Å². The van der Waals surface area contributed by atoms with Crippen LogP contribution in [0.4, 0.5) is 4.39 Å². The van der Waals surface area contributed by atoms with Gasteiger partial charge in [0.05, 0.1) is 0 Å². The molecule has 1 aliphatic heterocycles. The van der Waals surface area contributed by atoms with Gasteiger partial charge in [0.2, 0.25) is 0 Å². The standard InChI is InChI=1S/C5H5FO3/c6-3-1-2-4(7)9-5(3)8/h3H,1-2H2. The molecule has 0 aromatic carbocycles. The molecule has 1 rings (SSSR count). The number of hydrogen-bond acceptors (Lipinski definition) is 3. The maximum Gasteiger partial charge on any atom is 0.348 e. The van der Waals surface area contributed by atoms with Crippen LogP contribution in [0, 0.1) is 0 Å². The molecule has 1 atom stereocenters. The molecule has 0 radical (unpaired) electrons. The first-order chi connectivity index (χ1) is 4.20. The van der Waals surface area contributed by atoms with E-state index in [4.69, 9.17) is 0 Å². The molecule has 50 valence electrons. The lowest BCUT2D eigenvalue weighted by atomic mass is 10.2. The molecule has 0 N–H and O–H groups in total. The lowest BCUT2D eigenvalue weighted by Gasteiger charge is -2.11. The number of halogens is 1. The Kier molecular flexibility index (Phi) is 1.46. The smallest absolute Gasteiger partial charge is 0.348 e. The van der Waals surface area contributed by atoms with Gasteiger partial charge in [-0.1, -0.05) is 0 Å². The minimum absolute atomic E-state index is 0.00685. The number of ether oxygens (including phenoxy) is 1. The van der Waals surface area contributed by atoms with Crippen LogP contribution in [0.3, 0.4) is 0 Å². The van der Waals surface area contributed by atoms with Gasteiger partial charge in [-0.2, -0.15) is 0 Å². The summed E-state index contributed by atoms with van der Waals surface area (Å²) in [5.41, 5.74) is 0. The third-order valence-electron chi connectivity index (χ3n) is 1.07. The number of rotatable bonds is 0. The average molecular weight is 132 g/mol. The first kappa shape index (κ1) is 6.19. The van der Waals surface area contributed by atoms with E-state index >= 15 is 0 Å². The zero-order valence-electron chi connectivity index (χ0n) is 4.59. The summed E-state index contributed by atoms with van der Waals surface area (Å²) >= 11 is 0. The largest absolute Gasteiger partial charge is 0.391 e. The Bertz CT molecular complexity index is 154. The molecule has 0 aliphatic carbocycles. The van der Waals surface area contributed by atoms with Crippen molar-refractivity contribution in [1.29, 1.82) is 0 Å². The highest BCUT2D eigenvalue weighted by Gasteiger charge is 2.28. The zero-order valence-corrected chi connectivity index (χ0v) is 4.59. The van der Waals surface area contributed by atoms with Gasteiger partial charge in [-0.25, -0.2) is 9.18 Å². The highest BCUT2D eigenvalue weighted by molar-refractivity contribution is 5.90. The average Bonchev–Trinajstić information content (AvgIpc) is 1.80. The molecule has 0 saturated carbocycles. The zero-order chi connectivity index (χ0) is 6.85. The first-order valence-corrected chi connectivity index (χ1v) is 2.59. The lowest BCUT2D eigenvalue weighted by Crippen LogP contribution is -2.28. The van der Waals surface area contributed by atoms with Crippen LogP contribution in [0.5, 0.6) is 0 Å². The minimum Gasteiger partial charge on any atom is -0.391 e. The summed E-state index contributed by atoms with van der Waals surface area (Å²) in [6.45, 7) is 0. The van der Waals surface area contributed by atoms with E-state index in [0.717, 1.165) is 0 Å². The Hall–Kier alpha value is -0.930. The van der Waals surface area contributed by atoms with E-state index in [1.807, 2.05) is 0 Å². The number of alkyl halides is 1. The maximum atomic E-state index is 12.1. The Morgan fingerprint density at radius 2 is 2.22 bits per heavy atom. The quantitative estimate of drug-likeness (QED) is 0.349. The predicted octanol–water partition coefficient (Wildman–Crippen LogP) is 0.188. The topological polar surface area (TPSA) is 43.4 Å². The van der Waals surface area contributed by atoms with Gasteiger partial charge >= 0.3 is 11.9 Å². The van der Waals surface area contributed by atoms with E-state index in [0.29, 0.717) is 0 Å². The second-order valence-corrected chi connectivity index (χ2v) is 1.80. The second-order valence-electron chi connectivity index (χ2n) is 1.80. The summed E-state index contributed by atoms with van der Waals surface area (Å²) in [7, 11) is 0. The van der Waals surface area contributed by atoms with Crippen LogP contribution >= 0.6 is 0 Å². The van der Waals surface area contributed by atoms with Gasteiger partial charge in [-0.15, -0.1) is 0 Å². The highest BCUT2D eigenvalue weighted by Crippen LogP contribution is 2.11. The Balaban J connectivity index is 2.54. The Morgan fingerprint density at radius 3 is 2.67 bits per heavy atom. The molecule has 1 aliphatic rings. The first-order valence-electron chi connectivity index (χ1n) is 2.59. The number of carbonyl (C=O) groups excluding carboxylic acids is 2. The molecule has 0 aromatic heterocycles. The van der Waals surface area contributed by atoms with Gasteiger partial charge in [0, 0.05) is 6.42 Å². The van der Waals surface area contributed by atoms with Crippen LogP contribution in [0.15, 0.2) is 0 Å². The Labute approximate surface area is 50.8 Å². The number of esters is 2. The van der Waals surface area contributed by atoms with Gasteiger partial charge < -0.3 is 4.74 Å². The van der Waals surface area contributed by atoms with Gasteiger partial charge in [0.25, 0.3) is 0 Å². The SMILES string of the molecule is O=C1CCC(F)C(=O)O1. The van der Waals surface area contributed by atoms with Gasteiger partial charge in [-0.05, 0) is 6.42 Å². The summed E-state index contributed by atoms with van der Waals surface area (Å²) in [4.78, 5) is 20.4. The number of carbonyl (C=O) groups is 2. The molecular formula is C5H5FO3. The van der Waals surface area contributed by atoms with E-state index in [9.17, 15) is 14.0 Å². The van der Waals surface area contributed by atoms with E-state index in [2.05, 4.69) is 4.74 Å². The number of cyclic esters (lactones) is 2. The minimum atomic E-state index is -1.59. The summed E-state index contributed by atoms with van der Waals surface area (Å²) in [6, 6.07) is 0. The molecule has 1 unspecified atom stereocenters. The predicted molar refractivity (Wildman–Crippen MR) is 25.2 cm³/mol. The monoisotopic (exact) mass is 132 g/mol. The van der Waals surface area contributed by atoms with Crippen molar-refractivity contribution in [1.82, 2.24) is 0 Å². The molecule has 1 heterocycles. The van der Waals surface area contributed by atoms with Crippen molar-refractivity contribution in [3.8, 4) is 0 Å². The van der Waals surface area contributed by atoms with Gasteiger partial charge in [0.15, 0.2) is 6.17 Å². The van der Waals surface area contributed by atoms with E-state index in [1.165, 1.54) is 0 Å². The fraction of sp³-hybridized carbons (Fsp3) is 0.600. The van der Waals surface area contributed by atoms with Crippen LogP contribution in [0.1, 0.15) is 12.8 Å². The van der Waals surface area contributed by atoms with Crippen molar-refractivity contribution < 1.29 is 18.7 Å². The lowest BCUT2D eigenvalue weighted by molar-refractivity contribution is -0.168. The summed E-state index contributed by atoms with van der Waals surface area (Å²) in [6.07, 6.45) is -1.62. The van der Waals surface area contributed by atoms with E-state index < -0.39 is 18.1 Å². The maximum absolute atomic E-state index is 12.1. The van der Waals surface area contributed by atoms with Crippen molar-refractivity contribution in [2.75, 3.05) is 0 Å². The van der Waals surface area contributed by atoms with Crippen molar-refractivity contribution in [2.24, 2.45) is 0 Å². The molecule has 1 fully saturated rings. The van der Waals surface area contributed by atoms with Crippen LogP contribution in [0.2, 0.25) is 0 Å². The molecule has 9 heavy (non-hydrogen) atoms. The molecule has 4 heteroatoms. The summed E-state index contributed by atoms with van der Waals surface area (Å²) < 4.78 is 16.1. The Morgan fingerprint density at radius 1 is 1.56 bits per heavy atom. The molecule has 3 nitrogen and oxygen atoms in total. The van der Waals surface area contributed by atoms with E-state index in [1.54, 1.807) is 0 Å².